The number of carbonyl (C=O) groups excluding carboxylic acids is 1. The lowest BCUT2D eigenvalue weighted by Crippen LogP contribution is -2.35. The summed E-state index contributed by atoms with van der Waals surface area (Å²) >= 11 is 0. The molecular formula is C44H83N3O2. The Morgan fingerprint density at radius 1 is 0.490 bits per heavy atom. The Hall–Kier alpha value is -1.85. The fourth-order valence-electron chi connectivity index (χ4n) is 5.91. The number of nitrogens with two attached hydrogens (primary N) is 1. The van der Waals surface area contributed by atoms with Gasteiger partial charge in [-0.25, -0.2) is 4.79 Å². The minimum atomic E-state index is -0.132. The Morgan fingerprint density at radius 3 is 1.33 bits per heavy atom. The van der Waals surface area contributed by atoms with Crippen LogP contribution >= 0.6 is 0 Å². The smallest absolute Gasteiger partial charge is 0.409 e. The van der Waals surface area contributed by atoms with Gasteiger partial charge in [-0.3, -0.25) is 0 Å². The van der Waals surface area contributed by atoms with E-state index in [-0.39, 0.29) is 6.09 Å². The van der Waals surface area contributed by atoms with E-state index in [0.717, 1.165) is 58.3 Å². The Bertz CT molecular complexity index is 791. The van der Waals surface area contributed by atoms with Crippen molar-refractivity contribution in [1.29, 1.82) is 0 Å². The van der Waals surface area contributed by atoms with Crippen LogP contribution in [0.25, 0.3) is 0 Å². The lowest BCUT2D eigenvalue weighted by atomic mass is 10.1. The fraction of sp³-hybridized carbons (Fsp3) is 0.795. The van der Waals surface area contributed by atoms with Crippen LogP contribution in [0.5, 0.6) is 0 Å². The molecule has 286 valence electrons. The third-order valence-electron chi connectivity index (χ3n) is 9.21. The highest BCUT2D eigenvalue weighted by Gasteiger charge is 2.14. The molecule has 1 amide bonds. The topological polar surface area (TPSA) is 58.8 Å². The van der Waals surface area contributed by atoms with Crippen molar-refractivity contribution >= 4 is 6.09 Å². The van der Waals surface area contributed by atoms with E-state index in [9.17, 15) is 4.79 Å². The molecule has 0 atom stereocenters. The maximum Gasteiger partial charge on any atom is 0.409 e. The summed E-state index contributed by atoms with van der Waals surface area (Å²) in [5.74, 6) is 0. The molecule has 0 aliphatic heterocycles. The zero-order valence-corrected chi connectivity index (χ0v) is 33.0. The molecule has 0 unspecified atom stereocenters. The van der Waals surface area contributed by atoms with E-state index in [1.165, 1.54) is 135 Å². The summed E-state index contributed by atoms with van der Waals surface area (Å²) in [6.07, 6.45) is 50.6. The number of hydrogen-bond acceptors (Lipinski definition) is 4. The van der Waals surface area contributed by atoms with Gasteiger partial charge in [0, 0.05) is 19.6 Å². The van der Waals surface area contributed by atoms with Gasteiger partial charge >= 0.3 is 6.09 Å². The zero-order chi connectivity index (χ0) is 35.7. The van der Waals surface area contributed by atoms with Gasteiger partial charge in [-0.1, -0.05) is 146 Å². The molecule has 0 spiro atoms. The molecule has 2 N–H and O–H groups in total. The van der Waals surface area contributed by atoms with E-state index in [1.807, 2.05) is 4.90 Å². The first kappa shape index (κ1) is 47.1. The summed E-state index contributed by atoms with van der Waals surface area (Å²) in [6, 6.07) is 0. The molecule has 0 aliphatic rings. The molecule has 5 nitrogen and oxygen atoms in total. The molecule has 0 saturated heterocycles. The van der Waals surface area contributed by atoms with Crippen LogP contribution in [0.1, 0.15) is 181 Å². The summed E-state index contributed by atoms with van der Waals surface area (Å²) in [5.41, 5.74) is 5.63. The highest BCUT2D eigenvalue weighted by molar-refractivity contribution is 5.67. The second-order valence-electron chi connectivity index (χ2n) is 14.1. The molecule has 0 radical (unpaired) electrons. The summed E-state index contributed by atoms with van der Waals surface area (Å²) in [6.45, 7) is 9.00. The van der Waals surface area contributed by atoms with E-state index < -0.39 is 0 Å². The zero-order valence-electron chi connectivity index (χ0n) is 33.0. The monoisotopic (exact) mass is 686 g/mol. The molecule has 0 aromatic rings. The lowest BCUT2D eigenvalue weighted by Gasteiger charge is -2.23. The largest absolute Gasteiger partial charge is 0.448 e. The van der Waals surface area contributed by atoms with Gasteiger partial charge in [0.05, 0.1) is 0 Å². The van der Waals surface area contributed by atoms with Crippen LogP contribution in [-0.2, 0) is 4.74 Å². The SMILES string of the molecule is CCCCC/C=C\C/C=C\CCCCCCCCN(CCCCCCCC/C=C\C/C=C\CCCCCC)C(=O)OCCN(C)CCCN. The summed E-state index contributed by atoms with van der Waals surface area (Å²) in [5, 5.41) is 0. The first-order chi connectivity index (χ1) is 24.2. The molecule has 0 rings (SSSR count). The number of allylic oxidation sites excluding steroid dienone is 8. The number of unbranched alkanes of at least 4 members (excludes halogenated alkanes) is 19. The molecule has 0 aromatic carbocycles. The highest BCUT2D eigenvalue weighted by Crippen LogP contribution is 2.12. The van der Waals surface area contributed by atoms with Crippen molar-refractivity contribution in [2.75, 3.05) is 46.4 Å². The van der Waals surface area contributed by atoms with E-state index in [1.54, 1.807) is 0 Å². The first-order valence-electron chi connectivity index (χ1n) is 21.1. The van der Waals surface area contributed by atoms with Gasteiger partial charge in [-0.05, 0) is 104 Å². The number of ether oxygens (including phenoxy) is 1. The number of nitrogens with zero attached hydrogens (tertiary/aromatic N) is 2. The third kappa shape index (κ3) is 37.2. The molecule has 0 heterocycles. The van der Waals surface area contributed by atoms with Crippen molar-refractivity contribution < 1.29 is 9.53 Å². The van der Waals surface area contributed by atoms with Gasteiger partial charge in [-0.15, -0.1) is 0 Å². The first-order valence-corrected chi connectivity index (χ1v) is 21.1. The number of carbonyl (C=O) groups is 1. The molecule has 0 fully saturated rings. The van der Waals surface area contributed by atoms with Gasteiger partial charge in [0.1, 0.15) is 6.61 Å². The molecule has 0 aliphatic carbocycles. The second kappa shape index (κ2) is 40.6. The maximum absolute atomic E-state index is 13.0. The minimum Gasteiger partial charge on any atom is -0.448 e. The van der Waals surface area contributed by atoms with Crippen LogP contribution in [0.4, 0.5) is 4.79 Å². The van der Waals surface area contributed by atoms with E-state index >= 15 is 0 Å². The summed E-state index contributed by atoms with van der Waals surface area (Å²) < 4.78 is 5.71. The van der Waals surface area contributed by atoms with Gasteiger partial charge in [-0.2, -0.15) is 0 Å². The van der Waals surface area contributed by atoms with Crippen LogP contribution < -0.4 is 5.73 Å². The predicted octanol–water partition coefficient (Wildman–Crippen LogP) is 12.7. The number of hydrogen-bond donors (Lipinski definition) is 1. The Labute approximate surface area is 306 Å². The van der Waals surface area contributed by atoms with E-state index in [0.29, 0.717) is 13.2 Å². The molecule has 0 aromatic heterocycles. The standard InChI is InChI=1S/C44H83N3O2/c1-4-6-8-10-12-14-16-18-20-22-24-26-28-30-32-34-36-41-47(44(48)49-43-42-46(3)39-37-38-45)40-35-33-31-29-27-25-23-21-19-17-15-13-11-9-7-5-2/h13-16,19-22H,4-12,17-18,23-43,45H2,1-3H3/b15-13-,16-14-,21-19-,22-20-. The molecular weight excluding hydrogens is 603 g/mol. The Kier molecular flexibility index (Phi) is 39.0. The lowest BCUT2D eigenvalue weighted by molar-refractivity contribution is 0.0921. The fourth-order valence-corrected chi connectivity index (χ4v) is 5.91. The van der Waals surface area contributed by atoms with Crippen molar-refractivity contribution in [3.63, 3.8) is 0 Å². The number of amides is 1. The Morgan fingerprint density at radius 2 is 0.878 bits per heavy atom. The van der Waals surface area contributed by atoms with Crippen molar-refractivity contribution in [3.8, 4) is 0 Å². The van der Waals surface area contributed by atoms with E-state index in [4.69, 9.17) is 10.5 Å². The summed E-state index contributed by atoms with van der Waals surface area (Å²) in [4.78, 5) is 17.1. The Balaban J connectivity index is 4.14. The normalized spacial score (nSPS) is 12.2. The van der Waals surface area contributed by atoms with Crippen molar-refractivity contribution in [2.24, 2.45) is 5.73 Å². The van der Waals surface area contributed by atoms with Crippen LogP contribution in [0.15, 0.2) is 48.6 Å². The van der Waals surface area contributed by atoms with E-state index in [2.05, 4.69) is 74.4 Å². The van der Waals surface area contributed by atoms with Crippen LogP contribution in [0.2, 0.25) is 0 Å². The van der Waals surface area contributed by atoms with Crippen molar-refractivity contribution in [1.82, 2.24) is 9.80 Å². The number of rotatable bonds is 37. The van der Waals surface area contributed by atoms with Gasteiger partial charge in [0.2, 0.25) is 0 Å². The van der Waals surface area contributed by atoms with Crippen LogP contribution in [-0.4, -0.2) is 62.3 Å². The predicted molar refractivity (Wildman–Crippen MR) is 217 cm³/mol. The minimum absolute atomic E-state index is 0.132. The average molecular weight is 686 g/mol. The number of likely N-dealkylation sites (N-methyl/N-ethyl adjacent to an activating group) is 1. The van der Waals surface area contributed by atoms with Crippen molar-refractivity contribution in [2.45, 2.75) is 181 Å². The van der Waals surface area contributed by atoms with Gasteiger partial charge in [0.15, 0.2) is 0 Å². The maximum atomic E-state index is 13.0. The average Bonchev–Trinajstić information content (AvgIpc) is 3.10. The van der Waals surface area contributed by atoms with Gasteiger partial charge in [0.25, 0.3) is 0 Å². The molecule has 0 saturated carbocycles. The second-order valence-corrected chi connectivity index (χ2v) is 14.1. The highest BCUT2D eigenvalue weighted by atomic mass is 16.6. The summed E-state index contributed by atoms with van der Waals surface area (Å²) in [7, 11) is 2.07. The van der Waals surface area contributed by atoms with Crippen LogP contribution in [0.3, 0.4) is 0 Å². The van der Waals surface area contributed by atoms with Crippen LogP contribution in [0, 0.1) is 0 Å². The molecule has 0 bridgehead atoms. The van der Waals surface area contributed by atoms with Crippen molar-refractivity contribution in [3.05, 3.63) is 48.6 Å². The third-order valence-corrected chi connectivity index (χ3v) is 9.21. The quantitative estimate of drug-likeness (QED) is 0.0522. The van der Waals surface area contributed by atoms with Gasteiger partial charge < -0.3 is 20.3 Å². The molecule has 5 heteroatoms. The molecule has 49 heavy (non-hydrogen) atoms.